The lowest BCUT2D eigenvalue weighted by molar-refractivity contribution is 0.549. The molecule has 0 amide bonds. The number of imidazole rings is 2. The summed E-state index contributed by atoms with van der Waals surface area (Å²) < 4.78 is 4.62. The molecular formula is C33H38N6. The van der Waals surface area contributed by atoms with Crippen molar-refractivity contribution < 1.29 is 0 Å². The van der Waals surface area contributed by atoms with Gasteiger partial charge in [0.05, 0.1) is 33.4 Å². The first-order valence-electron chi connectivity index (χ1n) is 14.0. The van der Waals surface area contributed by atoms with E-state index in [4.69, 9.17) is 9.97 Å². The second kappa shape index (κ2) is 7.44. The van der Waals surface area contributed by atoms with Gasteiger partial charge < -0.3 is 5.32 Å². The van der Waals surface area contributed by atoms with E-state index in [-0.39, 0.29) is 22.5 Å². The van der Waals surface area contributed by atoms with Gasteiger partial charge in [-0.3, -0.25) is 9.47 Å². The van der Waals surface area contributed by atoms with Gasteiger partial charge in [0, 0.05) is 0 Å². The maximum Gasteiger partial charge on any atom is 0.221 e. The van der Waals surface area contributed by atoms with Crippen LogP contribution in [0.4, 0.5) is 17.3 Å². The molecule has 0 spiro atoms. The normalized spacial score (nSPS) is 16.7. The Balaban J connectivity index is 1.57. The van der Waals surface area contributed by atoms with E-state index in [0.29, 0.717) is 0 Å². The first-order chi connectivity index (χ1) is 18.2. The highest BCUT2D eigenvalue weighted by atomic mass is 15.6. The Morgan fingerprint density at radius 3 is 1.74 bits per heavy atom. The zero-order chi connectivity index (χ0) is 27.6. The van der Waals surface area contributed by atoms with Crippen LogP contribution in [0.15, 0.2) is 54.6 Å². The van der Waals surface area contributed by atoms with Gasteiger partial charge in [0.25, 0.3) is 0 Å². The van der Waals surface area contributed by atoms with Gasteiger partial charge in [-0.25, -0.2) is 14.5 Å². The summed E-state index contributed by atoms with van der Waals surface area (Å²) in [5.41, 5.74) is 10.4. The third-order valence-corrected chi connectivity index (χ3v) is 8.35. The van der Waals surface area contributed by atoms with E-state index in [0.717, 1.165) is 45.3 Å². The molecule has 1 unspecified atom stereocenters. The summed E-state index contributed by atoms with van der Waals surface area (Å²) >= 11 is 0. The molecule has 2 aliphatic heterocycles. The predicted molar refractivity (Wildman–Crippen MR) is 162 cm³/mol. The number of nitrogens with zero attached hydrogens (tertiary/aromatic N) is 5. The molecule has 200 valence electrons. The first kappa shape index (κ1) is 24.3. The van der Waals surface area contributed by atoms with Crippen molar-refractivity contribution in [3.05, 3.63) is 71.3 Å². The summed E-state index contributed by atoms with van der Waals surface area (Å²) in [6, 6.07) is 20.2. The Hall–Kier alpha value is -3.80. The maximum atomic E-state index is 5.23. The van der Waals surface area contributed by atoms with Crippen molar-refractivity contribution in [2.45, 2.75) is 84.8 Å². The highest BCUT2D eigenvalue weighted by Gasteiger charge is 2.42. The van der Waals surface area contributed by atoms with Gasteiger partial charge in [0.1, 0.15) is 0 Å². The molecule has 4 heterocycles. The van der Waals surface area contributed by atoms with Crippen LogP contribution in [0.5, 0.6) is 0 Å². The fourth-order valence-electron chi connectivity index (χ4n) is 5.89. The Morgan fingerprint density at radius 1 is 0.615 bits per heavy atom. The van der Waals surface area contributed by atoms with Crippen molar-refractivity contribution in [1.82, 2.24) is 19.1 Å². The fraction of sp³-hybridized carbons (Fsp3) is 0.394. The average molecular weight is 519 g/mol. The summed E-state index contributed by atoms with van der Waals surface area (Å²) in [5.74, 6) is 1.80. The van der Waals surface area contributed by atoms with Gasteiger partial charge in [-0.05, 0) is 69.3 Å². The van der Waals surface area contributed by atoms with Gasteiger partial charge in [0.15, 0.2) is 6.29 Å². The minimum atomic E-state index is -0.156. The largest absolute Gasteiger partial charge is 0.346 e. The molecule has 2 aromatic heterocycles. The van der Waals surface area contributed by atoms with E-state index >= 15 is 0 Å². The third kappa shape index (κ3) is 3.46. The van der Waals surface area contributed by atoms with Gasteiger partial charge in [-0.2, -0.15) is 0 Å². The van der Waals surface area contributed by atoms with Crippen LogP contribution in [0.1, 0.15) is 85.3 Å². The maximum absolute atomic E-state index is 5.23. The molecule has 3 aromatic carbocycles. The monoisotopic (exact) mass is 518 g/mol. The number of fused-ring (bicyclic) bond motifs is 12. The molecule has 0 saturated carbocycles. The van der Waals surface area contributed by atoms with Crippen molar-refractivity contribution in [2.24, 2.45) is 0 Å². The summed E-state index contributed by atoms with van der Waals surface area (Å²) in [7, 11) is 0. The van der Waals surface area contributed by atoms with E-state index < -0.39 is 0 Å². The molecule has 6 nitrogen and oxygen atoms in total. The van der Waals surface area contributed by atoms with Crippen molar-refractivity contribution in [3.8, 4) is 5.95 Å². The van der Waals surface area contributed by atoms with Crippen LogP contribution in [0.2, 0.25) is 0 Å². The van der Waals surface area contributed by atoms with Crippen LogP contribution >= 0.6 is 0 Å². The van der Waals surface area contributed by atoms with Crippen molar-refractivity contribution in [3.63, 3.8) is 0 Å². The molecule has 6 heteroatoms. The second-order valence-corrected chi connectivity index (χ2v) is 14.3. The zero-order valence-electron chi connectivity index (χ0n) is 24.5. The van der Waals surface area contributed by atoms with E-state index in [1.807, 2.05) is 0 Å². The quantitative estimate of drug-likeness (QED) is 0.224. The zero-order valence-corrected chi connectivity index (χ0v) is 24.5. The number of benzene rings is 3. The number of nitrogens with one attached hydrogen (secondary N) is 1. The predicted octanol–water partition coefficient (Wildman–Crippen LogP) is 8.30. The average Bonchev–Trinajstić information content (AvgIpc) is 3.51. The molecule has 0 radical (unpaired) electrons. The molecule has 0 bridgehead atoms. The molecule has 0 fully saturated rings. The molecular weight excluding hydrogens is 480 g/mol. The SMILES string of the molecule is CC(C)(C)c1ccc2c(c1)N1c3nc4ccc(C(C)(C)C)cc4n3-c3nc4ccc(C(C)(C)C)cc4n3C1N2. The van der Waals surface area contributed by atoms with Gasteiger partial charge in [-0.15, -0.1) is 0 Å². The Kier molecular flexibility index (Phi) is 4.62. The van der Waals surface area contributed by atoms with Gasteiger partial charge >= 0.3 is 0 Å². The van der Waals surface area contributed by atoms with E-state index in [1.54, 1.807) is 0 Å². The Bertz CT molecular complexity index is 1800. The van der Waals surface area contributed by atoms with Crippen LogP contribution in [-0.2, 0) is 16.2 Å². The van der Waals surface area contributed by atoms with Crippen LogP contribution in [0, 0.1) is 0 Å². The third-order valence-electron chi connectivity index (χ3n) is 8.35. The summed E-state index contributed by atoms with van der Waals surface area (Å²) in [6.45, 7) is 20.4. The molecule has 1 atom stereocenters. The van der Waals surface area contributed by atoms with Crippen LogP contribution in [-0.4, -0.2) is 19.1 Å². The molecule has 7 rings (SSSR count). The standard InChI is InChI=1S/C33H38N6/c1-31(2,3)19-10-13-22-25(16-19)37-28(34-22)38-27-18-21(33(7,8)9)12-15-24(27)36-30(38)39-26-17-20(32(4,5)6)11-14-23(26)35-29(37)39/h10-18,28,34H,1-9H3. The lowest BCUT2D eigenvalue weighted by atomic mass is 9.86. The molecule has 39 heavy (non-hydrogen) atoms. The smallest absolute Gasteiger partial charge is 0.221 e. The summed E-state index contributed by atoms with van der Waals surface area (Å²) in [6.07, 6.45) is -0.156. The summed E-state index contributed by atoms with van der Waals surface area (Å²) in [4.78, 5) is 12.8. The van der Waals surface area contributed by atoms with E-state index in [1.165, 1.54) is 16.7 Å². The number of hydrogen-bond donors (Lipinski definition) is 1. The number of aromatic nitrogens is 4. The van der Waals surface area contributed by atoms with Crippen LogP contribution in [0.3, 0.4) is 0 Å². The number of rotatable bonds is 0. The van der Waals surface area contributed by atoms with E-state index in [9.17, 15) is 0 Å². The van der Waals surface area contributed by atoms with Crippen LogP contribution < -0.4 is 10.2 Å². The Morgan fingerprint density at radius 2 is 1.13 bits per heavy atom. The lowest BCUT2D eigenvalue weighted by Gasteiger charge is -2.33. The molecule has 2 aliphatic rings. The molecule has 1 N–H and O–H groups in total. The minimum absolute atomic E-state index is 0.0290. The van der Waals surface area contributed by atoms with Crippen LogP contribution in [0.25, 0.3) is 28.0 Å². The van der Waals surface area contributed by atoms with Crippen molar-refractivity contribution in [1.29, 1.82) is 0 Å². The number of hydrogen-bond acceptors (Lipinski definition) is 4. The highest BCUT2D eigenvalue weighted by Crippen LogP contribution is 2.50. The fourth-order valence-corrected chi connectivity index (χ4v) is 5.89. The molecule has 0 aliphatic carbocycles. The van der Waals surface area contributed by atoms with Gasteiger partial charge in [-0.1, -0.05) is 80.5 Å². The highest BCUT2D eigenvalue weighted by molar-refractivity contribution is 5.91. The minimum Gasteiger partial charge on any atom is -0.346 e. The Labute approximate surface area is 230 Å². The summed E-state index contributed by atoms with van der Waals surface area (Å²) in [5, 5.41) is 3.82. The second-order valence-electron chi connectivity index (χ2n) is 14.3. The van der Waals surface area contributed by atoms with E-state index in [2.05, 4.69) is 136 Å². The van der Waals surface area contributed by atoms with Gasteiger partial charge in [0.2, 0.25) is 11.9 Å². The molecule has 0 saturated heterocycles. The van der Waals surface area contributed by atoms with Crippen molar-refractivity contribution >= 4 is 39.4 Å². The topological polar surface area (TPSA) is 50.9 Å². The van der Waals surface area contributed by atoms with Crippen molar-refractivity contribution in [2.75, 3.05) is 10.2 Å². The first-order valence-corrected chi connectivity index (χ1v) is 14.0. The number of anilines is 3. The lowest BCUT2D eigenvalue weighted by Crippen LogP contribution is -2.36. The molecule has 5 aromatic rings.